The van der Waals surface area contributed by atoms with E-state index < -0.39 is 29.8 Å². The summed E-state index contributed by atoms with van der Waals surface area (Å²) in [6.07, 6.45) is 2.28. The maximum absolute atomic E-state index is 13.7. The second-order valence-corrected chi connectivity index (χ2v) is 7.18. The number of fused-ring (bicyclic) bond motifs is 1. The van der Waals surface area contributed by atoms with Crippen LogP contribution in [0, 0.1) is 12.7 Å². The van der Waals surface area contributed by atoms with Crippen LogP contribution >= 0.6 is 0 Å². The topological polar surface area (TPSA) is 75.7 Å². The van der Waals surface area contributed by atoms with E-state index in [2.05, 4.69) is 5.32 Å². The molecule has 0 spiro atoms. The number of anilines is 1. The van der Waals surface area contributed by atoms with E-state index in [1.165, 1.54) is 24.8 Å². The molecule has 0 fully saturated rings. The zero-order valence-electron chi connectivity index (χ0n) is 17.0. The van der Waals surface area contributed by atoms with E-state index in [1.807, 2.05) is 30.3 Å². The lowest BCUT2D eigenvalue weighted by Gasteiger charge is -2.32. The molecule has 1 heterocycles. The number of amides is 2. The Balaban J connectivity index is 1.66. The van der Waals surface area contributed by atoms with Crippen LogP contribution in [0.15, 0.2) is 48.7 Å². The summed E-state index contributed by atoms with van der Waals surface area (Å²) in [5.41, 5.74) is 2.49. The summed E-state index contributed by atoms with van der Waals surface area (Å²) in [6.45, 7) is 4.48. The standard InChI is InChI=1S/C23H23FN2O4/c1-14-8-9-18(12-20(14)24)25-23(29)15(2)30-22(28)13-21-19-7-5-4-6-17(19)10-11-26(21)16(3)27/h4-12,15,21H,13H2,1-3H3,(H,25,29)/t15-,21+/m1/s1. The van der Waals surface area contributed by atoms with Gasteiger partial charge < -0.3 is 15.0 Å². The minimum atomic E-state index is -1.08. The second-order valence-electron chi connectivity index (χ2n) is 7.18. The first-order valence-electron chi connectivity index (χ1n) is 9.59. The first-order valence-corrected chi connectivity index (χ1v) is 9.59. The average molecular weight is 410 g/mol. The highest BCUT2D eigenvalue weighted by Crippen LogP contribution is 2.33. The Kier molecular flexibility index (Phi) is 6.30. The number of benzene rings is 2. The summed E-state index contributed by atoms with van der Waals surface area (Å²) in [7, 11) is 0. The van der Waals surface area contributed by atoms with Gasteiger partial charge in [-0.15, -0.1) is 0 Å². The van der Waals surface area contributed by atoms with E-state index in [0.717, 1.165) is 11.1 Å². The molecule has 7 heteroatoms. The number of rotatable bonds is 5. The molecule has 0 saturated heterocycles. The van der Waals surface area contributed by atoms with Crippen LogP contribution in [0.3, 0.4) is 0 Å². The number of hydrogen-bond donors (Lipinski definition) is 1. The van der Waals surface area contributed by atoms with Gasteiger partial charge in [-0.1, -0.05) is 30.3 Å². The SMILES string of the molecule is CC(=O)N1C=Cc2ccccc2[C@@H]1CC(=O)O[C@H](C)C(=O)Nc1ccc(C)c(F)c1. The largest absolute Gasteiger partial charge is 0.452 e. The molecule has 2 amide bonds. The number of halogens is 1. The highest BCUT2D eigenvalue weighted by atomic mass is 19.1. The van der Waals surface area contributed by atoms with Gasteiger partial charge >= 0.3 is 5.97 Å². The number of ether oxygens (including phenoxy) is 1. The summed E-state index contributed by atoms with van der Waals surface area (Å²) >= 11 is 0. The van der Waals surface area contributed by atoms with Crippen LogP contribution in [0.1, 0.15) is 43.0 Å². The van der Waals surface area contributed by atoms with Gasteiger partial charge in [0.2, 0.25) is 5.91 Å². The van der Waals surface area contributed by atoms with Gasteiger partial charge in [-0.2, -0.15) is 0 Å². The van der Waals surface area contributed by atoms with E-state index in [-0.39, 0.29) is 18.0 Å². The van der Waals surface area contributed by atoms with Crippen LogP contribution in [-0.2, 0) is 19.1 Å². The molecule has 156 valence electrons. The quantitative estimate of drug-likeness (QED) is 0.757. The van der Waals surface area contributed by atoms with Crippen LogP contribution in [0.5, 0.6) is 0 Å². The van der Waals surface area contributed by atoms with Crippen molar-refractivity contribution in [2.24, 2.45) is 0 Å². The van der Waals surface area contributed by atoms with Crippen molar-refractivity contribution in [2.75, 3.05) is 5.32 Å². The first-order chi connectivity index (χ1) is 14.3. The molecule has 0 saturated carbocycles. The van der Waals surface area contributed by atoms with Gasteiger partial charge in [0.25, 0.3) is 5.91 Å². The van der Waals surface area contributed by atoms with Gasteiger partial charge in [0.1, 0.15) is 5.82 Å². The third-order valence-corrected chi connectivity index (χ3v) is 4.95. The molecule has 3 rings (SSSR count). The fourth-order valence-corrected chi connectivity index (χ4v) is 3.28. The van der Waals surface area contributed by atoms with Crippen LogP contribution in [-0.4, -0.2) is 28.8 Å². The third-order valence-electron chi connectivity index (χ3n) is 4.95. The Bertz CT molecular complexity index is 1020. The van der Waals surface area contributed by atoms with Crippen molar-refractivity contribution >= 4 is 29.5 Å². The minimum Gasteiger partial charge on any atom is -0.452 e. The van der Waals surface area contributed by atoms with E-state index in [0.29, 0.717) is 5.56 Å². The predicted molar refractivity (Wildman–Crippen MR) is 111 cm³/mol. The fourth-order valence-electron chi connectivity index (χ4n) is 3.28. The van der Waals surface area contributed by atoms with E-state index in [1.54, 1.807) is 25.3 Å². The minimum absolute atomic E-state index is 0.0995. The number of carbonyl (C=O) groups excluding carboxylic acids is 3. The predicted octanol–water partition coefficient (Wildman–Crippen LogP) is 3.97. The second kappa shape index (κ2) is 8.90. The van der Waals surface area contributed by atoms with E-state index in [4.69, 9.17) is 4.74 Å². The molecule has 0 aliphatic carbocycles. The molecule has 2 aromatic rings. The number of esters is 1. The normalized spacial score (nSPS) is 15.9. The molecular formula is C23H23FN2O4. The van der Waals surface area contributed by atoms with Gasteiger partial charge in [0, 0.05) is 18.8 Å². The molecule has 0 radical (unpaired) electrons. The number of hydrogen-bond acceptors (Lipinski definition) is 4. The van der Waals surface area contributed by atoms with Crippen molar-refractivity contribution in [3.63, 3.8) is 0 Å². The lowest BCUT2D eigenvalue weighted by molar-refractivity contribution is -0.154. The number of nitrogens with zero attached hydrogens (tertiary/aromatic N) is 1. The smallest absolute Gasteiger partial charge is 0.309 e. The zero-order valence-corrected chi connectivity index (χ0v) is 17.0. The van der Waals surface area contributed by atoms with Gasteiger partial charge in [0.15, 0.2) is 6.10 Å². The molecule has 6 nitrogen and oxygen atoms in total. The molecule has 0 bridgehead atoms. The van der Waals surface area contributed by atoms with Crippen molar-refractivity contribution in [1.82, 2.24) is 4.90 Å². The lowest BCUT2D eigenvalue weighted by Crippen LogP contribution is -2.35. The molecule has 2 atom stereocenters. The number of nitrogens with one attached hydrogen (secondary N) is 1. The molecule has 1 aliphatic rings. The molecule has 2 aromatic carbocycles. The van der Waals surface area contributed by atoms with Crippen LogP contribution in [0.4, 0.5) is 10.1 Å². The van der Waals surface area contributed by atoms with Gasteiger partial charge in [0.05, 0.1) is 12.5 Å². The summed E-state index contributed by atoms with van der Waals surface area (Å²) in [4.78, 5) is 38.3. The molecule has 30 heavy (non-hydrogen) atoms. The average Bonchev–Trinajstić information content (AvgIpc) is 2.70. The molecule has 1 aliphatic heterocycles. The molecular weight excluding hydrogens is 387 g/mol. The maximum Gasteiger partial charge on any atom is 0.309 e. The summed E-state index contributed by atoms with van der Waals surface area (Å²) in [5, 5.41) is 2.53. The molecule has 0 unspecified atom stereocenters. The molecule has 1 N–H and O–H groups in total. The van der Waals surface area contributed by atoms with Crippen LogP contribution in [0.2, 0.25) is 0 Å². The van der Waals surface area contributed by atoms with Gasteiger partial charge in [-0.3, -0.25) is 14.4 Å². The summed E-state index contributed by atoms with van der Waals surface area (Å²) < 4.78 is 18.9. The van der Waals surface area contributed by atoms with E-state index >= 15 is 0 Å². The maximum atomic E-state index is 13.7. The van der Waals surface area contributed by atoms with E-state index in [9.17, 15) is 18.8 Å². The van der Waals surface area contributed by atoms with Crippen molar-refractivity contribution in [1.29, 1.82) is 0 Å². The fraction of sp³-hybridized carbons (Fsp3) is 0.261. The number of aryl methyl sites for hydroxylation is 1. The zero-order chi connectivity index (χ0) is 21.8. The highest BCUT2D eigenvalue weighted by Gasteiger charge is 2.30. The highest BCUT2D eigenvalue weighted by molar-refractivity contribution is 5.95. The van der Waals surface area contributed by atoms with Gasteiger partial charge in [-0.25, -0.2) is 4.39 Å². The first kappa shape index (κ1) is 21.2. The Morgan fingerprint density at radius 1 is 1.20 bits per heavy atom. The lowest BCUT2D eigenvalue weighted by atomic mass is 9.94. The number of carbonyl (C=O) groups is 3. The Labute approximate surface area is 174 Å². The van der Waals surface area contributed by atoms with Gasteiger partial charge in [-0.05, 0) is 48.7 Å². The van der Waals surface area contributed by atoms with Crippen molar-refractivity contribution in [2.45, 2.75) is 39.3 Å². The summed E-state index contributed by atoms with van der Waals surface area (Å²) in [5.74, 6) is -1.83. The third kappa shape index (κ3) is 4.74. The van der Waals surface area contributed by atoms with Crippen LogP contribution < -0.4 is 5.32 Å². The van der Waals surface area contributed by atoms with Crippen molar-refractivity contribution < 1.29 is 23.5 Å². The van der Waals surface area contributed by atoms with Crippen molar-refractivity contribution in [3.8, 4) is 0 Å². The van der Waals surface area contributed by atoms with Crippen LogP contribution in [0.25, 0.3) is 6.08 Å². The van der Waals surface area contributed by atoms with Crippen molar-refractivity contribution in [3.05, 3.63) is 71.2 Å². The monoisotopic (exact) mass is 410 g/mol. The molecule has 0 aromatic heterocycles. The Hall–Kier alpha value is -3.48. The Morgan fingerprint density at radius 2 is 1.93 bits per heavy atom. The Morgan fingerprint density at radius 3 is 2.63 bits per heavy atom. The summed E-state index contributed by atoms with van der Waals surface area (Å²) in [6, 6.07) is 11.3.